The second-order valence-electron chi connectivity index (χ2n) is 9.08. The molecule has 1 aromatic heterocycles. The van der Waals surface area contributed by atoms with Crippen LogP contribution in [0, 0.1) is 11.3 Å². The molecule has 1 unspecified atom stereocenters. The number of hydrogen-bond acceptors (Lipinski definition) is 3. The van der Waals surface area contributed by atoms with E-state index in [2.05, 4.69) is 15.6 Å². The molecule has 1 aliphatic carbocycles. The standard InChI is InChI=1S/C24H29N5O2/c30-22(26-13-18-4-2-1-3-5-18)28-10-7-24(8-11-28)12-21(24)15-27-23(31)29-16-19-6-9-25-14-20(19)17-29/h1-6,9,14,21H,7-8,10-13,15-17H2,(H,26,30)(H,27,31). The predicted octanol–water partition coefficient (Wildman–Crippen LogP) is 3.12. The molecule has 0 bridgehead atoms. The van der Waals surface area contributed by atoms with Crippen LogP contribution in [0.3, 0.4) is 0 Å². The van der Waals surface area contributed by atoms with Crippen molar-refractivity contribution in [3.63, 3.8) is 0 Å². The minimum absolute atomic E-state index is 0.0102. The van der Waals surface area contributed by atoms with E-state index in [4.69, 9.17) is 0 Å². The summed E-state index contributed by atoms with van der Waals surface area (Å²) in [5.41, 5.74) is 3.74. The SMILES string of the molecule is O=C(NCc1ccccc1)N1CCC2(CC1)CC2CNC(=O)N1Cc2ccncc2C1. The number of piperidine rings is 1. The smallest absolute Gasteiger partial charge is 0.318 e. The van der Waals surface area contributed by atoms with Crippen molar-refractivity contribution in [2.75, 3.05) is 19.6 Å². The largest absolute Gasteiger partial charge is 0.338 e. The highest BCUT2D eigenvalue weighted by molar-refractivity contribution is 5.75. The number of nitrogens with zero attached hydrogens (tertiary/aromatic N) is 3. The molecule has 1 saturated carbocycles. The molecule has 1 spiro atoms. The van der Waals surface area contributed by atoms with E-state index in [1.165, 1.54) is 5.56 Å². The highest BCUT2D eigenvalue weighted by Crippen LogP contribution is 2.59. The lowest BCUT2D eigenvalue weighted by atomic mass is 9.91. The molecule has 7 nitrogen and oxygen atoms in total. The number of aromatic nitrogens is 1. The van der Waals surface area contributed by atoms with Crippen molar-refractivity contribution < 1.29 is 9.59 Å². The zero-order chi connectivity index (χ0) is 21.3. The highest BCUT2D eigenvalue weighted by atomic mass is 16.2. The predicted molar refractivity (Wildman–Crippen MR) is 117 cm³/mol. The number of nitrogens with one attached hydrogen (secondary N) is 2. The summed E-state index contributed by atoms with van der Waals surface area (Å²) < 4.78 is 0. The molecular formula is C24H29N5O2. The molecule has 2 aliphatic heterocycles. The number of amides is 4. The Hall–Kier alpha value is -3.09. The number of hydrogen-bond donors (Lipinski definition) is 2. The molecule has 3 aliphatic rings. The summed E-state index contributed by atoms with van der Waals surface area (Å²) in [6.45, 7) is 4.17. The zero-order valence-corrected chi connectivity index (χ0v) is 17.7. The highest BCUT2D eigenvalue weighted by Gasteiger charge is 2.54. The zero-order valence-electron chi connectivity index (χ0n) is 17.7. The summed E-state index contributed by atoms with van der Waals surface area (Å²) in [5.74, 6) is 0.526. The number of fused-ring (bicyclic) bond motifs is 1. The Morgan fingerprint density at radius 3 is 2.48 bits per heavy atom. The summed E-state index contributed by atoms with van der Waals surface area (Å²) in [5, 5.41) is 6.17. The van der Waals surface area contributed by atoms with Crippen molar-refractivity contribution in [3.8, 4) is 0 Å². The van der Waals surface area contributed by atoms with Crippen molar-refractivity contribution in [2.24, 2.45) is 11.3 Å². The van der Waals surface area contributed by atoms with E-state index >= 15 is 0 Å². The molecule has 3 heterocycles. The van der Waals surface area contributed by atoms with E-state index < -0.39 is 0 Å². The van der Waals surface area contributed by atoms with E-state index in [0.29, 0.717) is 31.0 Å². The van der Waals surface area contributed by atoms with Gasteiger partial charge in [0.05, 0.1) is 0 Å². The quantitative estimate of drug-likeness (QED) is 0.799. The van der Waals surface area contributed by atoms with Gasteiger partial charge in [-0.25, -0.2) is 9.59 Å². The van der Waals surface area contributed by atoms with E-state index in [0.717, 1.165) is 50.0 Å². The third-order valence-electron chi connectivity index (χ3n) is 7.21. The Kier molecular flexibility index (Phi) is 5.26. The summed E-state index contributed by atoms with van der Waals surface area (Å²) in [6.07, 6.45) is 6.82. The average Bonchev–Trinajstić information content (AvgIpc) is 3.28. The molecule has 4 amide bonds. The number of carbonyl (C=O) groups is 2. The van der Waals surface area contributed by atoms with E-state index in [9.17, 15) is 9.59 Å². The van der Waals surface area contributed by atoms with Crippen molar-refractivity contribution in [3.05, 3.63) is 65.5 Å². The van der Waals surface area contributed by atoms with Gasteiger partial charge in [0.2, 0.25) is 0 Å². The van der Waals surface area contributed by atoms with Gasteiger partial charge in [-0.05, 0) is 53.4 Å². The summed E-state index contributed by atoms with van der Waals surface area (Å²) in [4.78, 5) is 33.0. The van der Waals surface area contributed by atoms with Gasteiger partial charge in [-0.15, -0.1) is 0 Å². The van der Waals surface area contributed by atoms with Crippen LogP contribution in [0.15, 0.2) is 48.8 Å². The number of pyridine rings is 1. The maximum atomic E-state index is 12.6. The van der Waals surface area contributed by atoms with Crippen molar-refractivity contribution in [1.82, 2.24) is 25.4 Å². The molecule has 2 fully saturated rings. The second-order valence-corrected chi connectivity index (χ2v) is 9.08. The van der Waals surface area contributed by atoms with Crippen LogP contribution in [0.1, 0.15) is 36.0 Å². The molecule has 0 radical (unpaired) electrons. The van der Waals surface area contributed by atoms with Gasteiger partial charge in [-0.3, -0.25) is 4.98 Å². The molecular weight excluding hydrogens is 390 g/mol. The minimum atomic E-state index is 0.0102. The first-order chi connectivity index (χ1) is 15.1. The topological polar surface area (TPSA) is 77.6 Å². The number of carbonyl (C=O) groups excluding carboxylic acids is 2. The van der Waals surface area contributed by atoms with Crippen LogP contribution in [0.2, 0.25) is 0 Å². The van der Waals surface area contributed by atoms with E-state index in [-0.39, 0.29) is 12.1 Å². The van der Waals surface area contributed by atoms with Gasteiger partial charge in [-0.1, -0.05) is 30.3 Å². The lowest BCUT2D eigenvalue weighted by Crippen LogP contribution is -2.45. The lowest BCUT2D eigenvalue weighted by molar-refractivity contribution is 0.158. The molecule has 31 heavy (non-hydrogen) atoms. The van der Waals surface area contributed by atoms with Crippen LogP contribution in [0.5, 0.6) is 0 Å². The molecule has 1 atom stereocenters. The minimum Gasteiger partial charge on any atom is -0.338 e. The molecule has 2 N–H and O–H groups in total. The number of likely N-dealkylation sites (tertiary alicyclic amines) is 1. The van der Waals surface area contributed by atoms with Gasteiger partial charge < -0.3 is 20.4 Å². The van der Waals surface area contributed by atoms with Crippen LogP contribution >= 0.6 is 0 Å². The maximum Gasteiger partial charge on any atom is 0.318 e. The van der Waals surface area contributed by atoms with Crippen LogP contribution < -0.4 is 10.6 Å². The van der Waals surface area contributed by atoms with Gasteiger partial charge in [0, 0.05) is 51.7 Å². The molecule has 1 saturated heterocycles. The number of rotatable bonds is 4. The average molecular weight is 420 g/mol. The van der Waals surface area contributed by atoms with Gasteiger partial charge >= 0.3 is 12.1 Å². The fourth-order valence-corrected chi connectivity index (χ4v) is 5.06. The third kappa shape index (κ3) is 4.22. The van der Waals surface area contributed by atoms with E-state index in [1.54, 1.807) is 6.20 Å². The summed E-state index contributed by atoms with van der Waals surface area (Å²) in [6, 6.07) is 12.0. The van der Waals surface area contributed by atoms with Crippen LogP contribution in [0.25, 0.3) is 0 Å². The van der Waals surface area contributed by atoms with Gasteiger partial charge in [0.15, 0.2) is 0 Å². The number of benzene rings is 1. The van der Waals surface area contributed by atoms with Crippen molar-refractivity contribution >= 4 is 12.1 Å². The first kappa shape index (κ1) is 19.8. The van der Waals surface area contributed by atoms with Crippen LogP contribution in [0.4, 0.5) is 9.59 Å². The normalized spacial score (nSPS) is 21.0. The Morgan fingerprint density at radius 2 is 1.71 bits per heavy atom. The van der Waals surface area contributed by atoms with Gasteiger partial charge in [0.1, 0.15) is 0 Å². The molecule has 1 aromatic carbocycles. The van der Waals surface area contributed by atoms with Crippen LogP contribution in [-0.4, -0.2) is 46.5 Å². The first-order valence-corrected chi connectivity index (χ1v) is 11.1. The van der Waals surface area contributed by atoms with E-state index in [1.807, 2.05) is 52.4 Å². The van der Waals surface area contributed by atoms with Gasteiger partial charge in [0.25, 0.3) is 0 Å². The molecule has 7 heteroatoms. The van der Waals surface area contributed by atoms with Crippen molar-refractivity contribution in [1.29, 1.82) is 0 Å². The fourth-order valence-electron chi connectivity index (χ4n) is 5.06. The van der Waals surface area contributed by atoms with Gasteiger partial charge in [-0.2, -0.15) is 0 Å². The molecule has 2 aromatic rings. The van der Waals surface area contributed by atoms with Crippen LogP contribution in [-0.2, 0) is 19.6 Å². The fraction of sp³-hybridized carbons (Fsp3) is 0.458. The Labute approximate surface area is 182 Å². The maximum absolute atomic E-state index is 12.6. The third-order valence-corrected chi connectivity index (χ3v) is 7.21. The monoisotopic (exact) mass is 419 g/mol. The Bertz CT molecular complexity index is 930. The number of urea groups is 2. The Balaban J connectivity index is 1.04. The molecule has 5 rings (SSSR count). The first-order valence-electron chi connectivity index (χ1n) is 11.1. The second kappa shape index (κ2) is 8.21. The summed E-state index contributed by atoms with van der Waals surface area (Å²) >= 11 is 0. The summed E-state index contributed by atoms with van der Waals surface area (Å²) in [7, 11) is 0. The molecule has 162 valence electrons. The Morgan fingerprint density at radius 1 is 0.968 bits per heavy atom. The lowest BCUT2D eigenvalue weighted by Gasteiger charge is -2.33. The van der Waals surface area contributed by atoms with Crippen molar-refractivity contribution in [2.45, 2.75) is 38.9 Å².